The van der Waals surface area contributed by atoms with Crippen LogP contribution in [0, 0.1) is 0 Å². The lowest BCUT2D eigenvalue weighted by Gasteiger charge is -2.24. The van der Waals surface area contributed by atoms with Crippen molar-refractivity contribution in [1.82, 2.24) is 0 Å². The normalized spacial score (nSPS) is 11.8. The first-order valence-corrected chi connectivity index (χ1v) is 6.77. The minimum Gasteiger partial charge on any atom is -0.399 e. The second-order valence-corrected chi connectivity index (χ2v) is 5.33. The average molecular weight is 260 g/mol. The van der Waals surface area contributed by atoms with E-state index in [2.05, 4.69) is 0 Å². The van der Waals surface area contributed by atoms with Crippen LogP contribution < -0.4 is 5.73 Å². The third kappa shape index (κ3) is 3.58. The Labute approximate surface area is 106 Å². The van der Waals surface area contributed by atoms with Gasteiger partial charge in [0.2, 0.25) is 0 Å². The highest BCUT2D eigenvalue weighted by Gasteiger charge is 2.22. The summed E-state index contributed by atoms with van der Waals surface area (Å²) in [6.45, 7) is 3.98. The van der Waals surface area contributed by atoms with Gasteiger partial charge in [-0.3, -0.25) is 0 Å². The summed E-state index contributed by atoms with van der Waals surface area (Å²) < 4.78 is 0. The molecule has 1 aromatic rings. The molecule has 1 aromatic carbocycles. The molecule has 0 radical (unpaired) electrons. The number of aliphatic hydroxyl groups is 1. The van der Waals surface area contributed by atoms with Gasteiger partial charge in [0.05, 0.1) is 10.6 Å². The van der Waals surface area contributed by atoms with E-state index in [9.17, 15) is 5.11 Å². The molecule has 90 valence electrons. The number of nitrogens with two attached hydrogens (primary N) is 1. The highest BCUT2D eigenvalue weighted by atomic mass is 35.5. The molecule has 0 saturated heterocycles. The molecule has 0 saturated carbocycles. The number of nitrogen functional groups attached to an aromatic ring is 1. The SMILES string of the molecule is CCC(O)(CC)CSc1cc(N)ccc1Cl. The quantitative estimate of drug-likeness (QED) is 0.628. The Kier molecular flexibility index (Phi) is 4.96. The predicted molar refractivity (Wildman–Crippen MR) is 72.1 cm³/mol. The molecule has 0 spiro atoms. The molecule has 0 aliphatic heterocycles. The molecule has 0 aromatic heterocycles. The molecular weight excluding hydrogens is 242 g/mol. The van der Waals surface area contributed by atoms with Crippen LogP contribution in [0.3, 0.4) is 0 Å². The van der Waals surface area contributed by atoms with Gasteiger partial charge < -0.3 is 10.8 Å². The molecule has 16 heavy (non-hydrogen) atoms. The molecule has 0 heterocycles. The molecule has 0 bridgehead atoms. The Morgan fingerprint density at radius 3 is 2.56 bits per heavy atom. The topological polar surface area (TPSA) is 46.2 Å². The molecule has 0 atom stereocenters. The maximum absolute atomic E-state index is 10.2. The summed E-state index contributed by atoms with van der Waals surface area (Å²) in [5.41, 5.74) is 5.78. The average Bonchev–Trinajstić information content (AvgIpc) is 2.30. The smallest absolute Gasteiger partial charge is 0.0736 e. The Morgan fingerprint density at radius 1 is 1.38 bits per heavy atom. The standard InChI is InChI=1S/C12H18ClNOS/c1-3-12(15,4-2)8-16-11-7-9(14)5-6-10(11)13/h5-7,15H,3-4,8,14H2,1-2H3. The van der Waals surface area contributed by atoms with Crippen LogP contribution in [0.1, 0.15) is 26.7 Å². The molecule has 0 aliphatic carbocycles. The van der Waals surface area contributed by atoms with E-state index in [4.69, 9.17) is 17.3 Å². The number of rotatable bonds is 5. The second kappa shape index (κ2) is 5.80. The van der Waals surface area contributed by atoms with Gasteiger partial charge in [-0.1, -0.05) is 25.4 Å². The molecule has 3 N–H and O–H groups in total. The fourth-order valence-corrected chi connectivity index (χ4v) is 2.84. The molecular formula is C12H18ClNOS. The zero-order chi connectivity index (χ0) is 12.2. The van der Waals surface area contributed by atoms with Crippen LogP contribution in [-0.2, 0) is 0 Å². The number of thioether (sulfide) groups is 1. The summed E-state index contributed by atoms with van der Waals surface area (Å²) in [7, 11) is 0. The molecule has 0 fully saturated rings. The van der Waals surface area contributed by atoms with Crippen molar-refractivity contribution in [3.63, 3.8) is 0 Å². The third-order valence-electron chi connectivity index (χ3n) is 2.77. The van der Waals surface area contributed by atoms with Crippen LogP contribution >= 0.6 is 23.4 Å². The minimum atomic E-state index is -0.613. The van der Waals surface area contributed by atoms with E-state index in [-0.39, 0.29) is 0 Å². The number of halogens is 1. The lowest BCUT2D eigenvalue weighted by molar-refractivity contribution is 0.0572. The monoisotopic (exact) mass is 259 g/mol. The lowest BCUT2D eigenvalue weighted by atomic mass is 10.0. The Balaban J connectivity index is 2.70. The summed E-state index contributed by atoms with van der Waals surface area (Å²) >= 11 is 7.61. The van der Waals surface area contributed by atoms with Crippen molar-refractivity contribution in [1.29, 1.82) is 0 Å². The number of benzene rings is 1. The zero-order valence-corrected chi connectivity index (χ0v) is 11.2. The van der Waals surface area contributed by atoms with Crippen LogP contribution in [0.15, 0.2) is 23.1 Å². The number of anilines is 1. The van der Waals surface area contributed by atoms with Crippen LogP contribution in [-0.4, -0.2) is 16.5 Å². The fraction of sp³-hybridized carbons (Fsp3) is 0.500. The van der Waals surface area contributed by atoms with E-state index in [0.717, 1.165) is 17.7 Å². The highest BCUT2D eigenvalue weighted by molar-refractivity contribution is 7.99. The van der Waals surface area contributed by atoms with Gasteiger partial charge >= 0.3 is 0 Å². The van der Waals surface area contributed by atoms with Gasteiger partial charge in [-0.25, -0.2) is 0 Å². The van der Waals surface area contributed by atoms with E-state index in [0.29, 0.717) is 16.5 Å². The van der Waals surface area contributed by atoms with Crippen molar-refractivity contribution in [3.8, 4) is 0 Å². The summed E-state index contributed by atoms with van der Waals surface area (Å²) in [5.74, 6) is 0.642. The number of hydrogen-bond acceptors (Lipinski definition) is 3. The van der Waals surface area contributed by atoms with E-state index >= 15 is 0 Å². The van der Waals surface area contributed by atoms with Gasteiger partial charge in [-0.2, -0.15) is 0 Å². The molecule has 0 amide bonds. The molecule has 0 unspecified atom stereocenters. The van der Waals surface area contributed by atoms with Crippen LogP contribution in [0.5, 0.6) is 0 Å². The van der Waals surface area contributed by atoms with Gasteiger partial charge in [-0.15, -0.1) is 11.8 Å². The highest BCUT2D eigenvalue weighted by Crippen LogP contribution is 2.32. The number of hydrogen-bond donors (Lipinski definition) is 2. The molecule has 0 aliphatic rings. The van der Waals surface area contributed by atoms with Crippen molar-refractivity contribution >= 4 is 29.1 Å². The molecule has 1 rings (SSSR count). The maximum Gasteiger partial charge on any atom is 0.0736 e. The van der Waals surface area contributed by atoms with Crippen molar-refractivity contribution in [2.24, 2.45) is 0 Å². The largest absolute Gasteiger partial charge is 0.399 e. The van der Waals surface area contributed by atoms with Crippen LogP contribution in [0.25, 0.3) is 0 Å². The Morgan fingerprint density at radius 2 is 2.00 bits per heavy atom. The van der Waals surface area contributed by atoms with Crippen LogP contribution in [0.2, 0.25) is 5.02 Å². The first-order valence-electron chi connectivity index (χ1n) is 5.41. The Bertz CT molecular complexity index is 353. The first-order chi connectivity index (χ1) is 7.50. The van der Waals surface area contributed by atoms with Crippen molar-refractivity contribution < 1.29 is 5.11 Å². The summed E-state index contributed by atoms with van der Waals surface area (Å²) in [6, 6.07) is 5.41. The van der Waals surface area contributed by atoms with Gasteiger partial charge in [0.15, 0.2) is 0 Å². The van der Waals surface area contributed by atoms with Crippen molar-refractivity contribution in [2.45, 2.75) is 37.2 Å². The predicted octanol–water partition coefficient (Wildman–Crippen LogP) is 3.57. The van der Waals surface area contributed by atoms with E-state index in [1.807, 2.05) is 19.9 Å². The lowest BCUT2D eigenvalue weighted by Crippen LogP contribution is -2.29. The molecule has 4 heteroatoms. The Hall–Kier alpha value is -0.380. The third-order valence-corrected chi connectivity index (χ3v) is 4.54. The molecule has 2 nitrogen and oxygen atoms in total. The van der Waals surface area contributed by atoms with Crippen LogP contribution in [0.4, 0.5) is 5.69 Å². The summed E-state index contributed by atoms with van der Waals surface area (Å²) in [6.07, 6.45) is 1.49. The van der Waals surface area contributed by atoms with Gasteiger partial charge in [0.1, 0.15) is 0 Å². The first kappa shape index (κ1) is 13.7. The van der Waals surface area contributed by atoms with Gasteiger partial charge in [-0.05, 0) is 31.0 Å². The van der Waals surface area contributed by atoms with Crippen molar-refractivity contribution in [2.75, 3.05) is 11.5 Å². The van der Waals surface area contributed by atoms with Gasteiger partial charge in [0.25, 0.3) is 0 Å². The van der Waals surface area contributed by atoms with Crippen molar-refractivity contribution in [3.05, 3.63) is 23.2 Å². The van der Waals surface area contributed by atoms with Gasteiger partial charge in [0, 0.05) is 16.3 Å². The maximum atomic E-state index is 10.2. The van der Waals surface area contributed by atoms with E-state index in [1.165, 1.54) is 0 Å². The fourth-order valence-electron chi connectivity index (χ4n) is 1.30. The van der Waals surface area contributed by atoms with E-state index < -0.39 is 5.60 Å². The summed E-state index contributed by atoms with van der Waals surface area (Å²) in [4.78, 5) is 0.932. The zero-order valence-electron chi connectivity index (χ0n) is 9.66. The minimum absolute atomic E-state index is 0.613. The van der Waals surface area contributed by atoms with E-state index in [1.54, 1.807) is 23.9 Å². The summed E-state index contributed by atoms with van der Waals surface area (Å²) in [5, 5.41) is 10.8. The second-order valence-electron chi connectivity index (χ2n) is 3.91.